The summed E-state index contributed by atoms with van der Waals surface area (Å²) in [6.07, 6.45) is 2.36. The van der Waals surface area contributed by atoms with Crippen molar-refractivity contribution < 1.29 is 4.74 Å². The normalized spacial score (nSPS) is 24.8. The lowest BCUT2D eigenvalue weighted by Crippen LogP contribution is -2.57. The molecule has 1 aromatic heterocycles. The lowest BCUT2D eigenvalue weighted by atomic mass is 9.99. The smallest absolute Gasteiger partial charge is 0.135 e. The Morgan fingerprint density at radius 3 is 2.30 bits per heavy atom. The van der Waals surface area contributed by atoms with Crippen molar-refractivity contribution in [2.24, 2.45) is 0 Å². The fourth-order valence-corrected chi connectivity index (χ4v) is 3.24. The number of halogens is 1. The van der Waals surface area contributed by atoms with Crippen LogP contribution in [0.5, 0.6) is 0 Å². The number of hydrogen-bond acceptors (Lipinski definition) is 4. The second-order valence-electron chi connectivity index (χ2n) is 7.16. The molecule has 2 aliphatic rings. The first-order chi connectivity index (χ1) is 9.24. The minimum Gasteiger partial charge on any atom is -0.366 e. The molecular weight excluding hydrogens is 274 g/mol. The van der Waals surface area contributed by atoms with Gasteiger partial charge in [0.15, 0.2) is 0 Å². The molecule has 0 spiro atoms. The Labute approximate surface area is 125 Å². The average molecular weight is 296 g/mol. The standard InChI is InChI=1S/C15H22ClN3O/c1-14(2)8-19(9-15(3,4)20-14)12-7-11(16)17-13(18-12)10-5-6-10/h7,10H,5-6,8-9H2,1-4H3. The number of nitrogens with zero attached hydrogens (tertiary/aromatic N) is 3. The summed E-state index contributed by atoms with van der Waals surface area (Å²) < 4.78 is 6.12. The SMILES string of the molecule is CC1(C)CN(c2cc(Cl)nc(C3CC3)n2)CC(C)(C)O1. The van der Waals surface area contributed by atoms with Gasteiger partial charge in [0.05, 0.1) is 11.2 Å². The van der Waals surface area contributed by atoms with E-state index >= 15 is 0 Å². The fourth-order valence-electron chi connectivity index (χ4n) is 3.06. The summed E-state index contributed by atoms with van der Waals surface area (Å²) >= 11 is 6.17. The Morgan fingerprint density at radius 2 is 1.75 bits per heavy atom. The largest absolute Gasteiger partial charge is 0.366 e. The molecule has 2 fully saturated rings. The molecule has 0 unspecified atom stereocenters. The molecule has 1 aromatic rings. The molecule has 0 aromatic carbocycles. The van der Waals surface area contributed by atoms with E-state index in [1.165, 1.54) is 12.8 Å². The molecule has 5 heteroatoms. The lowest BCUT2D eigenvalue weighted by molar-refractivity contribution is -0.133. The highest BCUT2D eigenvalue weighted by molar-refractivity contribution is 6.29. The van der Waals surface area contributed by atoms with E-state index in [0.29, 0.717) is 11.1 Å². The molecule has 2 heterocycles. The zero-order valence-electron chi connectivity index (χ0n) is 12.6. The zero-order chi connectivity index (χ0) is 14.5. The van der Waals surface area contributed by atoms with Crippen LogP contribution in [0.4, 0.5) is 5.82 Å². The molecule has 1 aliphatic carbocycles. The van der Waals surface area contributed by atoms with E-state index in [2.05, 4.69) is 37.6 Å². The van der Waals surface area contributed by atoms with Gasteiger partial charge in [0.2, 0.25) is 0 Å². The van der Waals surface area contributed by atoms with Gasteiger partial charge in [-0.2, -0.15) is 0 Å². The number of hydrogen-bond donors (Lipinski definition) is 0. The van der Waals surface area contributed by atoms with Crippen molar-refractivity contribution in [2.75, 3.05) is 18.0 Å². The van der Waals surface area contributed by atoms with Crippen LogP contribution in [0.25, 0.3) is 0 Å². The van der Waals surface area contributed by atoms with E-state index in [9.17, 15) is 0 Å². The molecule has 110 valence electrons. The molecule has 0 amide bonds. The lowest BCUT2D eigenvalue weighted by Gasteiger charge is -2.47. The molecule has 4 nitrogen and oxygen atoms in total. The molecule has 1 aliphatic heterocycles. The van der Waals surface area contributed by atoms with Crippen molar-refractivity contribution >= 4 is 17.4 Å². The van der Waals surface area contributed by atoms with Gasteiger partial charge in [0, 0.05) is 25.1 Å². The van der Waals surface area contributed by atoms with Crippen LogP contribution in [0.1, 0.15) is 52.3 Å². The molecule has 3 rings (SSSR count). The summed E-state index contributed by atoms with van der Waals surface area (Å²) in [6, 6.07) is 1.87. The van der Waals surface area contributed by atoms with E-state index in [0.717, 1.165) is 24.7 Å². The Morgan fingerprint density at radius 1 is 1.15 bits per heavy atom. The van der Waals surface area contributed by atoms with Crippen molar-refractivity contribution in [1.29, 1.82) is 0 Å². The second-order valence-corrected chi connectivity index (χ2v) is 7.55. The highest BCUT2D eigenvalue weighted by atomic mass is 35.5. The number of aromatic nitrogens is 2. The van der Waals surface area contributed by atoms with E-state index < -0.39 is 0 Å². The summed E-state index contributed by atoms with van der Waals surface area (Å²) in [7, 11) is 0. The highest BCUT2D eigenvalue weighted by Crippen LogP contribution is 2.39. The topological polar surface area (TPSA) is 38.2 Å². The number of anilines is 1. The average Bonchev–Trinajstić information content (AvgIpc) is 3.07. The van der Waals surface area contributed by atoms with E-state index in [1.807, 2.05) is 6.07 Å². The number of rotatable bonds is 2. The minimum absolute atomic E-state index is 0.196. The summed E-state index contributed by atoms with van der Waals surface area (Å²) in [5.41, 5.74) is -0.391. The molecule has 0 N–H and O–H groups in total. The summed E-state index contributed by atoms with van der Waals surface area (Å²) in [5.74, 6) is 2.33. The van der Waals surface area contributed by atoms with Crippen LogP contribution in [-0.2, 0) is 4.74 Å². The molecule has 0 bridgehead atoms. The van der Waals surface area contributed by atoms with Gasteiger partial charge in [-0.25, -0.2) is 9.97 Å². The molecule has 1 saturated heterocycles. The zero-order valence-corrected chi connectivity index (χ0v) is 13.4. The third-order valence-corrected chi connectivity index (χ3v) is 3.85. The van der Waals surface area contributed by atoms with Crippen molar-refractivity contribution in [3.8, 4) is 0 Å². The first-order valence-electron chi connectivity index (χ1n) is 7.24. The van der Waals surface area contributed by atoms with Gasteiger partial charge in [-0.1, -0.05) is 11.6 Å². The van der Waals surface area contributed by atoms with Crippen molar-refractivity contribution in [3.05, 3.63) is 17.0 Å². The Bertz CT molecular complexity index is 510. The van der Waals surface area contributed by atoms with Crippen molar-refractivity contribution in [1.82, 2.24) is 9.97 Å². The van der Waals surface area contributed by atoms with Gasteiger partial charge < -0.3 is 9.64 Å². The second kappa shape index (κ2) is 4.57. The van der Waals surface area contributed by atoms with E-state index in [-0.39, 0.29) is 11.2 Å². The van der Waals surface area contributed by atoms with E-state index in [1.54, 1.807) is 0 Å². The predicted octanol–water partition coefficient (Wildman–Crippen LogP) is 3.40. The maximum Gasteiger partial charge on any atom is 0.135 e. The molecular formula is C15H22ClN3O. The van der Waals surface area contributed by atoms with Gasteiger partial charge in [-0.05, 0) is 40.5 Å². The molecule has 1 saturated carbocycles. The number of ether oxygens (including phenoxy) is 1. The van der Waals surface area contributed by atoms with Gasteiger partial charge in [-0.3, -0.25) is 0 Å². The molecule has 0 radical (unpaired) electrons. The van der Waals surface area contributed by atoms with Gasteiger partial charge in [0.25, 0.3) is 0 Å². The van der Waals surface area contributed by atoms with Crippen LogP contribution in [0, 0.1) is 0 Å². The summed E-state index contributed by atoms with van der Waals surface area (Å²) in [4.78, 5) is 11.4. The maximum atomic E-state index is 6.17. The van der Waals surface area contributed by atoms with Crippen LogP contribution in [0.15, 0.2) is 6.07 Å². The van der Waals surface area contributed by atoms with Crippen molar-refractivity contribution in [2.45, 2.75) is 57.7 Å². The fraction of sp³-hybridized carbons (Fsp3) is 0.733. The Hall–Kier alpha value is -0.870. The van der Waals surface area contributed by atoms with E-state index in [4.69, 9.17) is 21.3 Å². The molecule has 20 heavy (non-hydrogen) atoms. The van der Waals surface area contributed by atoms with Gasteiger partial charge in [-0.15, -0.1) is 0 Å². The van der Waals surface area contributed by atoms with Gasteiger partial charge in [0.1, 0.15) is 16.8 Å². The number of morpholine rings is 1. The van der Waals surface area contributed by atoms with Crippen LogP contribution >= 0.6 is 11.6 Å². The first-order valence-corrected chi connectivity index (χ1v) is 7.62. The third kappa shape index (κ3) is 3.07. The summed E-state index contributed by atoms with van der Waals surface area (Å²) in [6.45, 7) is 10.1. The summed E-state index contributed by atoms with van der Waals surface area (Å²) in [5, 5.41) is 0.541. The quantitative estimate of drug-likeness (QED) is 0.784. The van der Waals surface area contributed by atoms with Crippen LogP contribution < -0.4 is 4.90 Å². The molecule has 0 atom stereocenters. The van der Waals surface area contributed by atoms with Crippen LogP contribution in [-0.4, -0.2) is 34.3 Å². The van der Waals surface area contributed by atoms with Crippen LogP contribution in [0.3, 0.4) is 0 Å². The van der Waals surface area contributed by atoms with Crippen LogP contribution in [0.2, 0.25) is 5.15 Å². The highest BCUT2D eigenvalue weighted by Gasteiger charge is 2.39. The van der Waals surface area contributed by atoms with Crippen molar-refractivity contribution in [3.63, 3.8) is 0 Å². The third-order valence-electron chi connectivity index (χ3n) is 3.66. The first kappa shape index (κ1) is 14.1. The monoisotopic (exact) mass is 295 g/mol. The Kier molecular flexibility index (Phi) is 3.22. The predicted molar refractivity (Wildman–Crippen MR) is 80.5 cm³/mol. The minimum atomic E-state index is -0.196. The Balaban J connectivity index is 1.91. The maximum absolute atomic E-state index is 6.17. The van der Waals surface area contributed by atoms with Gasteiger partial charge >= 0.3 is 0 Å².